The van der Waals surface area contributed by atoms with Crippen molar-refractivity contribution >= 4 is 39.4 Å². The van der Waals surface area contributed by atoms with Crippen LogP contribution in [0.3, 0.4) is 0 Å². The minimum absolute atomic E-state index is 0.257. The number of aromatic nitrogens is 3. The number of pyridine rings is 1. The van der Waals surface area contributed by atoms with Crippen molar-refractivity contribution < 1.29 is 4.79 Å². The van der Waals surface area contributed by atoms with Gasteiger partial charge in [0.15, 0.2) is 0 Å². The molecule has 0 saturated carbocycles. The van der Waals surface area contributed by atoms with E-state index in [-0.39, 0.29) is 5.91 Å². The summed E-state index contributed by atoms with van der Waals surface area (Å²) in [6, 6.07) is 21.8. The fourth-order valence-electron chi connectivity index (χ4n) is 2.63. The van der Waals surface area contributed by atoms with E-state index in [2.05, 4.69) is 20.5 Å². The molecule has 27 heavy (non-hydrogen) atoms. The Morgan fingerprint density at radius 1 is 0.963 bits per heavy atom. The van der Waals surface area contributed by atoms with Gasteiger partial charge in [-0.05, 0) is 23.8 Å². The molecule has 0 spiro atoms. The SMILES string of the molecule is O=C(/C=C/c1ccc2ccccc2n1)Nc1nnc(Cc2ccccc2)s1. The molecule has 0 aliphatic carbocycles. The molecule has 5 nitrogen and oxygen atoms in total. The van der Waals surface area contributed by atoms with E-state index < -0.39 is 0 Å². The molecule has 0 aliphatic rings. The third-order valence-electron chi connectivity index (χ3n) is 3.92. The standard InChI is InChI=1S/C21H16N4OS/c26-19(13-12-17-11-10-16-8-4-5-9-18(16)22-17)23-21-25-24-20(27-21)14-15-6-2-1-3-7-15/h1-13H,14H2,(H,23,25,26)/b13-12+. The molecular weight excluding hydrogens is 356 g/mol. The summed E-state index contributed by atoms with van der Waals surface area (Å²) in [7, 11) is 0. The maximum atomic E-state index is 12.1. The lowest BCUT2D eigenvalue weighted by Gasteiger charge is -1.98. The Labute approximate surface area is 160 Å². The number of anilines is 1. The first kappa shape index (κ1) is 17.1. The number of carbonyl (C=O) groups is 1. The van der Waals surface area contributed by atoms with Gasteiger partial charge in [0.1, 0.15) is 5.01 Å². The molecule has 132 valence electrons. The van der Waals surface area contributed by atoms with Crippen molar-refractivity contribution in [3.63, 3.8) is 0 Å². The van der Waals surface area contributed by atoms with Gasteiger partial charge in [-0.2, -0.15) is 0 Å². The second kappa shape index (κ2) is 7.88. The highest BCUT2D eigenvalue weighted by Crippen LogP contribution is 2.18. The first-order valence-corrected chi connectivity index (χ1v) is 9.29. The molecule has 6 heteroatoms. The molecule has 0 atom stereocenters. The third-order valence-corrected chi connectivity index (χ3v) is 4.76. The van der Waals surface area contributed by atoms with E-state index in [1.807, 2.05) is 66.7 Å². The summed E-state index contributed by atoms with van der Waals surface area (Å²) in [5.74, 6) is -0.257. The molecular formula is C21H16N4OS. The fourth-order valence-corrected chi connectivity index (χ4v) is 3.41. The summed E-state index contributed by atoms with van der Waals surface area (Å²) in [5, 5.41) is 13.3. The zero-order valence-corrected chi connectivity index (χ0v) is 15.2. The molecule has 0 radical (unpaired) electrons. The molecule has 2 aromatic heterocycles. The predicted molar refractivity (Wildman–Crippen MR) is 109 cm³/mol. The van der Waals surface area contributed by atoms with Crippen molar-refractivity contribution in [2.75, 3.05) is 5.32 Å². The number of amides is 1. The Hall–Kier alpha value is -3.38. The van der Waals surface area contributed by atoms with Crippen LogP contribution in [0.25, 0.3) is 17.0 Å². The summed E-state index contributed by atoms with van der Waals surface area (Å²) in [6.07, 6.45) is 3.84. The first-order valence-electron chi connectivity index (χ1n) is 8.47. The fraction of sp³-hybridized carbons (Fsp3) is 0.0476. The minimum Gasteiger partial charge on any atom is -0.297 e. The van der Waals surface area contributed by atoms with Crippen LogP contribution in [0.4, 0.5) is 5.13 Å². The number of nitrogens with zero attached hydrogens (tertiary/aromatic N) is 3. The zero-order valence-electron chi connectivity index (χ0n) is 14.4. The highest BCUT2D eigenvalue weighted by molar-refractivity contribution is 7.15. The number of para-hydroxylation sites is 1. The van der Waals surface area contributed by atoms with Crippen molar-refractivity contribution in [3.8, 4) is 0 Å². The largest absolute Gasteiger partial charge is 0.297 e. The summed E-state index contributed by atoms with van der Waals surface area (Å²) in [5.41, 5.74) is 2.79. The zero-order chi connectivity index (χ0) is 18.5. The average Bonchev–Trinajstić information content (AvgIpc) is 3.13. The second-order valence-electron chi connectivity index (χ2n) is 5.91. The molecule has 1 N–H and O–H groups in total. The van der Waals surface area contributed by atoms with Gasteiger partial charge in [0.2, 0.25) is 11.0 Å². The van der Waals surface area contributed by atoms with Gasteiger partial charge in [-0.15, -0.1) is 10.2 Å². The monoisotopic (exact) mass is 372 g/mol. The molecule has 2 aromatic carbocycles. The van der Waals surface area contributed by atoms with Crippen LogP contribution in [0.1, 0.15) is 16.3 Å². The second-order valence-corrected chi connectivity index (χ2v) is 6.98. The molecule has 4 aromatic rings. The van der Waals surface area contributed by atoms with Crippen LogP contribution in [-0.4, -0.2) is 21.1 Å². The Morgan fingerprint density at radius 2 is 1.78 bits per heavy atom. The van der Waals surface area contributed by atoms with Crippen LogP contribution in [0, 0.1) is 0 Å². The van der Waals surface area contributed by atoms with Crippen molar-refractivity contribution in [2.24, 2.45) is 0 Å². The molecule has 1 amide bonds. The van der Waals surface area contributed by atoms with E-state index in [1.165, 1.54) is 17.4 Å². The summed E-state index contributed by atoms with van der Waals surface area (Å²) in [6.45, 7) is 0. The van der Waals surface area contributed by atoms with Gasteiger partial charge < -0.3 is 0 Å². The maximum Gasteiger partial charge on any atom is 0.250 e. The number of hydrogen-bond donors (Lipinski definition) is 1. The Morgan fingerprint density at radius 3 is 2.67 bits per heavy atom. The first-order chi connectivity index (χ1) is 13.3. The van der Waals surface area contributed by atoms with Gasteiger partial charge in [-0.25, -0.2) is 4.98 Å². The molecule has 4 rings (SSSR count). The van der Waals surface area contributed by atoms with Gasteiger partial charge in [-0.3, -0.25) is 10.1 Å². The van der Waals surface area contributed by atoms with Gasteiger partial charge >= 0.3 is 0 Å². The van der Waals surface area contributed by atoms with Crippen LogP contribution in [0.15, 0.2) is 72.8 Å². The minimum atomic E-state index is -0.257. The van der Waals surface area contributed by atoms with Crippen LogP contribution in [0.2, 0.25) is 0 Å². The van der Waals surface area contributed by atoms with Gasteiger partial charge in [-0.1, -0.05) is 65.9 Å². The van der Waals surface area contributed by atoms with Crippen molar-refractivity contribution in [1.29, 1.82) is 0 Å². The van der Waals surface area contributed by atoms with Gasteiger partial charge in [0.25, 0.3) is 0 Å². The van der Waals surface area contributed by atoms with Crippen molar-refractivity contribution in [1.82, 2.24) is 15.2 Å². The van der Waals surface area contributed by atoms with E-state index in [4.69, 9.17) is 0 Å². The Balaban J connectivity index is 1.39. The van der Waals surface area contributed by atoms with Crippen molar-refractivity contribution in [3.05, 3.63) is 89.1 Å². The number of benzene rings is 2. The average molecular weight is 372 g/mol. The molecule has 0 unspecified atom stereocenters. The van der Waals surface area contributed by atoms with Crippen LogP contribution < -0.4 is 5.32 Å². The Kier molecular flexibility index (Phi) is 4.98. The third kappa shape index (κ3) is 4.43. The van der Waals surface area contributed by atoms with Gasteiger partial charge in [0.05, 0.1) is 11.2 Å². The highest BCUT2D eigenvalue weighted by Gasteiger charge is 2.07. The summed E-state index contributed by atoms with van der Waals surface area (Å²) < 4.78 is 0. The molecule has 2 heterocycles. The van der Waals surface area contributed by atoms with Crippen LogP contribution >= 0.6 is 11.3 Å². The predicted octanol–water partition coefficient (Wildman–Crippen LogP) is 4.33. The summed E-state index contributed by atoms with van der Waals surface area (Å²) in [4.78, 5) is 16.6. The maximum absolute atomic E-state index is 12.1. The normalized spacial score (nSPS) is 11.1. The van der Waals surface area contributed by atoms with E-state index in [0.717, 1.165) is 27.2 Å². The summed E-state index contributed by atoms with van der Waals surface area (Å²) >= 11 is 1.38. The number of nitrogens with one attached hydrogen (secondary N) is 1. The Bertz CT molecular complexity index is 1110. The lowest BCUT2D eigenvalue weighted by atomic mass is 10.2. The number of fused-ring (bicyclic) bond motifs is 1. The molecule has 0 bridgehead atoms. The number of rotatable bonds is 5. The van der Waals surface area contributed by atoms with E-state index in [1.54, 1.807) is 6.08 Å². The van der Waals surface area contributed by atoms with Crippen LogP contribution in [-0.2, 0) is 11.2 Å². The quantitative estimate of drug-likeness (QED) is 0.530. The topological polar surface area (TPSA) is 67.8 Å². The molecule has 0 aliphatic heterocycles. The molecule has 0 saturated heterocycles. The van der Waals surface area contributed by atoms with Gasteiger partial charge in [0, 0.05) is 17.9 Å². The van der Waals surface area contributed by atoms with E-state index in [0.29, 0.717) is 11.6 Å². The highest BCUT2D eigenvalue weighted by atomic mass is 32.1. The lowest BCUT2D eigenvalue weighted by Crippen LogP contribution is -2.07. The van der Waals surface area contributed by atoms with Crippen molar-refractivity contribution in [2.45, 2.75) is 6.42 Å². The van der Waals surface area contributed by atoms with E-state index in [9.17, 15) is 4.79 Å². The smallest absolute Gasteiger partial charge is 0.250 e. The van der Waals surface area contributed by atoms with Crippen LogP contribution in [0.5, 0.6) is 0 Å². The molecule has 0 fully saturated rings. The van der Waals surface area contributed by atoms with E-state index >= 15 is 0 Å². The number of carbonyl (C=O) groups excluding carboxylic acids is 1. The lowest BCUT2D eigenvalue weighted by molar-refractivity contribution is -0.111. The number of hydrogen-bond acceptors (Lipinski definition) is 5.